The Morgan fingerprint density at radius 3 is 2.31 bits per heavy atom. The van der Waals surface area contributed by atoms with Crippen molar-refractivity contribution in [3.63, 3.8) is 0 Å². The predicted molar refractivity (Wildman–Crippen MR) is 125 cm³/mol. The number of hydrogen-bond acceptors (Lipinski definition) is 5. The summed E-state index contributed by atoms with van der Waals surface area (Å²) < 4.78 is 25.8. The molecule has 1 saturated heterocycles. The highest BCUT2D eigenvalue weighted by molar-refractivity contribution is 7.91. The van der Waals surface area contributed by atoms with Crippen LogP contribution in [0.25, 0.3) is 0 Å². The minimum Gasteiger partial charge on any atom is -0.368 e. The average Bonchev–Trinajstić information content (AvgIpc) is 2.80. The topological polar surface area (TPSA) is 70.6 Å². The van der Waals surface area contributed by atoms with Gasteiger partial charge in [0.2, 0.25) is 9.84 Å². The fourth-order valence-corrected chi connectivity index (χ4v) is 5.13. The van der Waals surface area contributed by atoms with Crippen molar-refractivity contribution >= 4 is 33.0 Å². The SMILES string of the molecule is Cc1ccc(S(=O)(=O)c2ccc(C(=O)N3CCN(c4cccc(Cl)c4)CC3)cn2)cc1C. The lowest BCUT2D eigenvalue weighted by Gasteiger charge is -2.36. The Labute approximate surface area is 193 Å². The maximum atomic E-state index is 12.9. The van der Waals surface area contributed by atoms with Gasteiger partial charge < -0.3 is 9.80 Å². The third-order valence-corrected chi connectivity index (χ3v) is 7.69. The zero-order valence-electron chi connectivity index (χ0n) is 18.0. The molecule has 0 saturated carbocycles. The number of nitrogens with zero attached hydrogens (tertiary/aromatic N) is 3. The van der Waals surface area contributed by atoms with Crippen LogP contribution in [0.2, 0.25) is 5.02 Å². The molecule has 0 unspecified atom stereocenters. The molecule has 0 radical (unpaired) electrons. The van der Waals surface area contributed by atoms with Crippen LogP contribution in [-0.4, -0.2) is 50.4 Å². The van der Waals surface area contributed by atoms with E-state index in [1.165, 1.54) is 18.3 Å². The van der Waals surface area contributed by atoms with Gasteiger partial charge in [-0.1, -0.05) is 23.7 Å². The van der Waals surface area contributed by atoms with Gasteiger partial charge >= 0.3 is 0 Å². The summed E-state index contributed by atoms with van der Waals surface area (Å²) in [6, 6.07) is 15.6. The number of piperazine rings is 1. The number of rotatable bonds is 4. The number of hydrogen-bond donors (Lipinski definition) is 0. The summed E-state index contributed by atoms with van der Waals surface area (Å²) in [6.07, 6.45) is 1.35. The number of benzene rings is 2. The van der Waals surface area contributed by atoms with Gasteiger partial charge in [-0.2, -0.15) is 0 Å². The number of aromatic nitrogens is 1. The minimum atomic E-state index is -3.74. The van der Waals surface area contributed by atoms with Gasteiger partial charge in [0.1, 0.15) is 0 Å². The summed E-state index contributed by atoms with van der Waals surface area (Å²) in [5, 5.41) is 0.617. The molecule has 2 aromatic carbocycles. The number of halogens is 1. The zero-order valence-corrected chi connectivity index (χ0v) is 19.5. The van der Waals surface area contributed by atoms with E-state index in [9.17, 15) is 13.2 Å². The second-order valence-electron chi connectivity index (χ2n) is 7.89. The lowest BCUT2D eigenvalue weighted by Crippen LogP contribution is -2.48. The number of carbonyl (C=O) groups is 1. The Hall–Kier alpha value is -2.90. The number of carbonyl (C=O) groups excluding carboxylic acids is 1. The first kappa shape index (κ1) is 22.3. The third-order valence-electron chi connectivity index (χ3n) is 5.79. The van der Waals surface area contributed by atoms with E-state index in [-0.39, 0.29) is 15.8 Å². The van der Waals surface area contributed by atoms with Gasteiger partial charge in [-0.05, 0) is 67.4 Å². The van der Waals surface area contributed by atoms with Crippen LogP contribution < -0.4 is 4.90 Å². The molecule has 1 aliphatic heterocycles. The van der Waals surface area contributed by atoms with Gasteiger partial charge in [0.15, 0.2) is 5.03 Å². The van der Waals surface area contributed by atoms with Crippen molar-refractivity contribution in [3.05, 3.63) is 82.5 Å². The van der Waals surface area contributed by atoms with Crippen molar-refractivity contribution < 1.29 is 13.2 Å². The Morgan fingerprint density at radius 1 is 0.938 bits per heavy atom. The van der Waals surface area contributed by atoms with Crippen molar-refractivity contribution in [2.75, 3.05) is 31.1 Å². The van der Waals surface area contributed by atoms with Crippen molar-refractivity contribution in [2.45, 2.75) is 23.8 Å². The van der Waals surface area contributed by atoms with Gasteiger partial charge in [-0.3, -0.25) is 4.79 Å². The molecule has 6 nitrogen and oxygen atoms in total. The molecule has 8 heteroatoms. The fourth-order valence-electron chi connectivity index (χ4n) is 3.69. The lowest BCUT2D eigenvalue weighted by atomic mass is 10.1. The standard InChI is InChI=1S/C24H24ClN3O3S/c1-17-6-8-22(14-18(17)2)32(30,31)23-9-7-19(16-26-23)24(29)28-12-10-27(11-13-28)21-5-3-4-20(25)15-21/h3-9,14-16H,10-13H2,1-2H3. The Balaban J connectivity index is 1.45. The molecular weight excluding hydrogens is 446 g/mol. The second-order valence-corrected chi connectivity index (χ2v) is 10.2. The highest BCUT2D eigenvalue weighted by Crippen LogP contribution is 2.23. The van der Waals surface area contributed by atoms with Crippen LogP contribution in [0, 0.1) is 13.8 Å². The monoisotopic (exact) mass is 469 g/mol. The molecule has 0 bridgehead atoms. The van der Waals surface area contributed by atoms with Crippen molar-refractivity contribution in [1.82, 2.24) is 9.88 Å². The highest BCUT2D eigenvalue weighted by Gasteiger charge is 2.24. The molecule has 0 atom stereocenters. The smallest absolute Gasteiger partial charge is 0.255 e. The van der Waals surface area contributed by atoms with E-state index in [0.717, 1.165) is 16.8 Å². The van der Waals surface area contributed by atoms with E-state index in [0.29, 0.717) is 36.8 Å². The van der Waals surface area contributed by atoms with Crippen LogP contribution in [0.4, 0.5) is 5.69 Å². The molecule has 0 N–H and O–H groups in total. The quantitative estimate of drug-likeness (QED) is 0.574. The maximum absolute atomic E-state index is 12.9. The third kappa shape index (κ3) is 4.49. The molecule has 1 fully saturated rings. The van der Waals surface area contributed by atoms with E-state index in [1.807, 2.05) is 38.1 Å². The summed E-state index contributed by atoms with van der Waals surface area (Å²) >= 11 is 6.08. The van der Waals surface area contributed by atoms with Gasteiger partial charge in [-0.15, -0.1) is 0 Å². The predicted octanol–water partition coefficient (Wildman–Crippen LogP) is 4.15. The van der Waals surface area contributed by atoms with E-state index in [4.69, 9.17) is 11.6 Å². The van der Waals surface area contributed by atoms with Gasteiger partial charge in [0, 0.05) is 43.1 Å². The van der Waals surface area contributed by atoms with E-state index in [1.54, 1.807) is 23.1 Å². The molecule has 0 spiro atoms. The summed E-state index contributed by atoms with van der Waals surface area (Å²) in [7, 11) is -3.74. The highest BCUT2D eigenvalue weighted by atomic mass is 35.5. The first-order chi connectivity index (χ1) is 15.3. The summed E-state index contributed by atoms with van der Waals surface area (Å²) in [6.45, 7) is 6.31. The van der Waals surface area contributed by atoms with Crippen molar-refractivity contribution in [3.8, 4) is 0 Å². The second kappa shape index (κ2) is 8.92. The van der Waals surface area contributed by atoms with Crippen molar-refractivity contribution in [1.29, 1.82) is 0 Å². The summed E-state index contributed by atoms with van der Waals surface area (Å²) in [5.41, 5.74) is 3.33. The molecule has 1 amide bonds. The molecule has 1 aliphatic rings. The molecule has 32 heavy (non-hydrogen) atoms. The van der Waals surface area contributed by atoms with Crippen LogP contribution in [0.1, 0.15) is 21.5 Å². The molecule has 3 aromatic rings. The van der Waals surface area contributed by atoms with E-state index >= 15 is 0 Å². The minimum absolute atomic E-state index is 0.0666. The average molecular weight is 470 g/mol. The number of amides is 1. The Bertz CT molecular complexity index is 1250. The maximum Gasteiger partial charge on any atom is 0.255 e. The number of anilines is 1. The fraction of sp³-hybridized carbons (Fsp3) is 0.250. The van der Waals surface area contributed by atoms with Crippen LogP contribution in [-0.2, 0) is 9.84 Å². The molecule has 0 aliphatic carbocycles. The Kier molecular flexibility index (Phi) is 6.22. The van der Waals surface area contributed by atoms with Gasteiger partial charge in [0.05, 0.1) is 10.5 Å². The largest absolute Gasteiger partial charge is 0.368 e. The zero-order chi connectivity index (χ0) is 22.9. The summed E-state index contributed by atoms with van der Waals surface area (Å²) in [5.74, 6) is -0.154. The van der Waals surface area contributed by atoms with Crippen LogP contribution in [0.5, 0.6) is 0 Å². The lowest BCUT2D eigenvalue weighted by molar-refractivity contribution is 0.0746. The number of sulfone groups is 1. The molecular formula is C24H24ClN3O3S. The molecule has 4 rings (SSSR count). The first-order valence-corrected chi connectivity index (χ1v) is 12.2. The van der Waals surface area contributed by atoms with Crippen LogP contribution in [0.15, 0.2) is 70.7 Å². The van der Waals surface area contributed by atoms with Crippen LogP contribution >= 0.6 is 11.6 Å². The molecule has 1 aromatic heterocycles. The Morgan fingerprint density at radius 2 is 1.69 bits per heavy atom. The van der Waals surface area contributed by atoms with E-state index < -0.39 is 9.84 Å². The molecule has 2 heterocycles. The van der Waals surface area contributed by atoms with Crippen molar-refractivity contribution in [2.24, 2.45) is 0 Å². The van der Waals surface area contributed by atoms with Gasteiger partial charge in [-0.25, -0.2) is 13.4 Å². The van der Waals surface area contributed by atoms with E-state index in [2.05, 4.69) is 9.88 Å². The number of aryl methyl sites for hydroxylation is 2. The number of pyridine rings is 1. The molecule has 166 valence electrons. The van der Waals surface area contributed by atoms with Crippen LogP contribution in [0.3, 0.4) is 0 Å². The summed E-state index contributed by atoms with van der Waals surface area (Å²) in [4.78, 5) is 21.2. The first-order valence-electron chi connectivity index (χ1n) is 10.3. The van der Waals surface area contributed by atoms with Gasteiger partial charge in [0.25, 0.3) is 5.91 Å². The normalized spacial score (nSPS) is 14.5.